The molecule has 2 amide bonds. The molecule has 0 aliphatic rings. The first-order valence-corrected chi connectivity index (χ1v) is 3.48. The van der Waals surface area contributed by atoms with E-state index in [2.05, 4.69) is 0 Å². The van der Waals surface area contributed by atoms with Gasteiger partial charge in [-0.05, 0) is 6.92 Å². The number of alkyl halides is 2. The normalized spacial score (nSPS) is 12.3. The van der Waals surface area contributed by atoms with Crippen molar-refractivity contribution in [3.8, 4) is 0 Å². The van der Waals surface area contributed by atoms with Gasteiger partial charge < -0.3 is 15.7 Å². The maximum absolute atomic E-state index is 11.5. The highest BCUT2D eigenvalue weighted by Crippen LogP contribution is 1.87. The predicted octanol–water partition coefficient (Wildman–Crippen LogP) is 0.0238. The average molecular weight is 196 g/mol. The van der Waals surface area contributed by atoms with Crippen molar-refractivity contribution in [3.05, 3.63) is 0 Å². The molecule has 76 valence electrons. The number of halogens is 2. The van der Waals surface area contributed by atoms with Gasteiger partial charge in [0.15, 0.2) is 0 Å². The molecule has 0 bridgehead atoms. The molecule has 0 unspecified atom stereocenters. The van der Waals surface area contributed by atoms with Gasteiger partial charge in [0.05, 0.1) is 6.54 Å². The van der Waals surface area contributed by atoms with Crippen LogP contribution in [-0.2, 0) is 4.79 Å². The number of carboxylic acids is 1. The minimum absolute atomic E-state index is 0.793. The zero-order valence-corrected chi connectivity index (χ0v) is 6.88. The molecule has 0 saturated heterocycles. The molecule has 0 aliphatic heterocycles. The van der Waals surface area contributed by atoms with Crippen LogP contribution in [0.1, 0.15) is 6.92 Å². The Morgan fingerprint density at radius 1 is 1.46 bits per heavy atom. The topological polar surface area (TPSA) is 78.4 Å². The smallest absolute Gasteiger partial charge is 0.325 e. The number of carbonyl (C=O) groups excluding carboxylic acids is 1. The molecule has 5 nitrogen and oxygen atoms in total. The molecule has 3 N–H and O–H groups in total. The molecular weight excluding hydrogens is 186 g/mol. The number of amides is 2. The third kappa shape index (κ3) is 5.83. The maximum Gasteiger partial charge on any atom is 0.325 e. The van der Waals surface area contributed by atoms with Crippen molar-refractivity contribution in [2.45, 2.75) is 19.4 Å². The van der Waals surface area contributed by atoms with Crippen molar-refractivity contribution >= 4 is 12.0 Å². The second kappa shape index (κ2) is 5.28. The van der Waals surface area contributed by atoms with Crippen molar-refractivity contribution in [3.63, 3.8) is 0 Å². The lowest BCUT2D eigenvalue weighted by Crippen LogP contribution is -2.45. The highest BCUT2D eigenvalue weighted by Gasteiger charge is 2.14. The van der Waals surface area contributed by atoms with Crippen molar-refractivity contribution in [1.29, 1.82) is 0 Å². The van der Waals surface area contributed by atoms with E-state index < -0.39 is 31.0 Å². The van der Waals surface area contributed by atoms with Crippen LogP contribution in [0.25, 0.3) is 0 Å². The fourth-order valence-corrected chi connectivity index (χ4v) is 0.479. The second-order valence-electron chi connectivity index (χ2n) is 2.31. The number of hydrogen-bond donors (Lipinski definition) is 3. The highest BCUT2D eigenvalue weighted by atomic mass is 19.3. The Balaban J connectivity index is 3.68. The van der Waals surface area contributed by atoms with E-state index in [-0.39, 0.29) is 0 Å². The van der Waals surface area contributed by atoms with E-state index in [1.165, 1.54) is 6.92 Å². The van der Waals surface area contributed by atoms with Gasteiger partial charge in [0, 0.05) is 0 Å². The largest absolute Gasteiger partial charge is 0.480 e. The molecule has 0 aromatic rings. The first kappa shape index (κ1) is 11.6. The summed E-state index contributed by atoms with van der Waals surface area (Å²) in [6.45, 7) is 0.433. The standard InChI is InChI=1S/C6H10F2N2O3/c1-3(5(11)12)10-6(13)9-2-4(7)8/h3-4H,2H2,1H3,(H,11,12)(H2,9,10,13)/t3-/m1/s1. The van der Waals surface area contributed by atoms with Crippen LogP contribution in [0.15, 0.2) is 0 Å². The van der Waals surface area contributed by atoms with Gasteiger partial charge in [-0.15, -0.1) is 0 Å². The summed E-state index contributed by atoms with van der Waals surface area (Å²) in [5.41, 5.74) is 0. The molecule has 0 aliphatic carbocycles. The molecule has 0 aromatic carbocycles. The number of nitrogens with one attached hydrogen (secondary N) is 2. The van der Waals surface area contributed by atoms with E-state index in [9.17, 15) is 18.4 Å². The van der Waals surface area contributed by atoms with Gasteiger partial charge in [-0.1, -0.05) is 0 Å². The Hall–Kier alpha value is -1.40. The van der Waals surface area contributed by atoms with E-state index in [1.54, 1.807) is 5.32 Å². The van der Waals surface area contributed by atoms with Gasteiger partial charge in [0.1, 0.15) is 6.04 Å². The summed E-state index contributed by atoms with van der Waals surface area (Å²) in [7, 11) is 0. The monoisotopic (exact) mass is 196 g/mol. The van der Waals surface area contributed by atoms with Gasteiger partial charge in [-0.2, -0.15) is 0 Å². The molecule has 0 heterocycles. The third-order valence-corrected chi connectivity index (χ3v) is 1.13. The van der Waals surface area contributed by atoms with Crippen molar-refractivity contribution in [2.75, 3.05) is 6.54 Å². The van der Waals surface area contributed by atoms with E-state index in [0.29, 0.717) is 0 Å². The van der Waals surface area contributed by atoms with Gasteiger partial charge in [0.25, 0.3) is 6.43 Å². The third-order valence-electron chi connectivity index (χ3n) is 1.13. The maximum atomic E-state index is 11.5. The van der Waals surface area contributed by atoms with Crippen molar-refractivity contribution in [2.24, 2.45) is 0 Å². The Morgan fingerprint density at radius 3 is 2.38 bits per heavy atom. The van der Waals surface area contributed by atoms with Gasteiger partial charge in [-0.25, -0.2) is 13.6 Å². The summed E-state index contributed by atoms with van der Waals surface area (Å²) in [5.74, 6) is -1.23. The Morgan fingerprint density at radius 2 is 2.00 bits per heavy atom. The SMILES string of the molecule is C[C@@H](NC(=O)NCC(F)F)C(=O)O. The molecule has 1 atom stereocenters. The Bertz CT molecular complexity index is 198. The summed E-state index contributed by atoms with van der Waals surface area (Å²) in [5, 5.41) is 12.1. The number of aliphatic carboxylic acids is 1. The van der Waals surface area contributed by atoms with Gasteiger partial charge in [-0.3, -0.25) is 4.79 Å². The van der Waals surface area contributed by atoms with Crippen LogP contribution in [0.2, 0.25) is 0 Å². The predicted molar refractivity (Wildman–Crippen MR) is 39.6 cm³/mol. The lowest BCUT2D eigenvalue weighted by Gasteiger charge is -2.09. The number of rotatable bonds is 4. The number of urea groups is 1. The first-order chi connectivity index (χ1) is 5.93. The molecule has 0 fully saturated rings. The molecule has 7 heteroatoms. The second-order valence-corrected chi connectivity index (χ2v) is 2.31. The Kier molecular flexibility index (Phi) is 4.71. The average Bonchev–Trinajstić information content (AvgIpc) is 2.00. The molecule has 0 spiro atoms. The van der Waals surface area contributed by atoms with Gasteiger partial charge in [0.2, 0.25) is 0 Å². The number of hydrogen-bond acceptors (Lipinski definition) is 2. The molecular formula is C6H10F2N2O3. The zero-order valence-electron chi connectivity index (χ0n) is 6.88. The highest BCUT2D eigenvalue weighted by molar-refractivity contribution is 5.82. The van der Waals surface area contributed by atoms with Gasteiger partial charge >= 0.3 is 12.0 Å². The summed E-state index contributed by atoms with van der Waals surface area (Å²) in [6.07, 6.45) is -2.65. The van der Waals surface area contributed by atoms with Crippen LogP contribution in [0.4, 0.5) is 13.6 Å². The lowest BCUT2D eigenvalue weighted by atomic mass is 10.3. The number of carbonyl (C=O) groups is 2. The fourth-order valence-electron chi connectivity index (χ4n) is 0.479. The summed E-state index contributed by atoms with van der Waals surface area (Å²) in [4.78, 5) is 20.8. The van der Waals surface area contributed by atoms with Crippen LogP contribution in [0.3, 0.4) is 0 Å². The van der Waals surface area contributed by atoms with Crippen molar-refractivity contribution < 1.29 is 23.5 Å². The van der Waals surface area contributed by atoms with Crippen LogP contribution >= 0.6 is 0 Å². The summed E-state index contributed by atoms with van der Waals surface area (Å²) in [6, 6.07) is -2.02. The van der Waals surface area contributed by atoms with E-state index in [0.717, 1.165) is 0 Å². The lowest BCUT2D eigenvalue weighted by molar-refractivity contribution is -0.138. The molecule has 0 rings (SSSR count). The molecule has 13 heavy (non-hydrogen) atoms. The van der Waals surface area contributed by atoms with Crippen LogP contribution in [0.5, 0.6) is 0 Å². The summed E-state index contributed by atoms with van der Waals surface area (Å²) < 4.78 is 23.1. The molecule has 0 saturated carbocycles. The Labute approximate surface area is 73.1 Å². The van der Waals surface area contributed by atoms with E-state index in [4.69, 9.17) is 5.11 Å². The van der Waals surface area contributed by atoms with Crippen molar-refractivity contribution in [1.82, 2.24) is 10.6 Å². The quantitative estimate of drug-likeness (QED) is 0.593. The minimum Gasteiger partial charge on any atom is -0.480 e. The molecule has 0 radical (unpaired) electrons. The number of carboxylic acid groups (broad SMARTS) is 1. The van der Waals surface area contributed by atoms with Crippen LogP contribution in [-0.4, -0.2) is 36.1 Å². The van der Waals surface area contributed by atoms with E-state index in [1.807, 2.05) is 5.32 Å². The fraction of sp³-hybridized carbons (Fsp3) is 0.667. The molecule has 0 aromatic heterocycles. The van der Waals surface area contributed by atoms with Crippen LogP contribution in [0, 0.1) is 0 Å². The van der Waals surface area contributed by atoms with Crippen LogP contribution < -0.4 is 10.6 Å². The summed E-state index contributed by atoms with van der Waals surface area (Å²) >= 11 is 0. The zero-order chi connectivity index (χ0) is 10.4. The first-order valence-electron chi connectivity index (χ1n) is 3.48. The van der Waals surface area contributed by atoms with E-state index >= 15 is 0 Å². The minimum atomic E-state index is -2.65.